The van der Waals surface area contributed by atoms with E-state index in [4.69, 9.17) is 11.6 Å². The number of benzene rings is 1. The van der Waals surface area contributed by atoms with Crippen LogP contribution < -0.4 is 16.0 Å². The van der Waals surface area contributed by atoms with Crippen LogP contribution in [0.25, 0.3) is 0 Å². The lowest BCUT2D eigenvalue weighted by molar-refractivity contribution is -0.121. The van der Waals surface area contributed by atoms with Crippen LogP contribution in [0.15, 0.2) is 24.3 Å². The van der Waals surface area contributed by atoms with Crippen molar-refractivity contribution in [1.29, 1.82) is 0 Å². The lowest BCUT2D eigenvalue weighted by Crippen LogP contribution is -2.46. The quantitative estimate of drug-likeness (QED) is 0.797. The maximum absolute atomic E-state index is 11.5. The molecule has 1 aromatic rings. The van der Waals surface area contributed by atoms with Crippen LogP contribution in [-0.2, 0) is 4.79 Å². The first-order valence-corrected chi connectivity index (χ1v) is 6.25. The molecule has 0 aliphatic carbocycles. The monoisotopic (exact) mass is 283 g/mol. The van der Waals surface area contributed by atoms with Crippen molar-refractivity contribution in [2.75, 3.05) is 11.9 Å². The van der Waals surface area contributed by atoms with E-state index in [1.807, 2.05) is 20.8 Å². The highest BCUT2D eigenvalue weighted by Crippen LogP contribution is 2.14. The molecular formula is C13H18ClN3O2. The highest BCUT2D eigenvalue weighted by molar-refractivity contribution is 6.30. The molecule has 0 fully saturated rings. The van der Waals surface area contributed by atoms with Crippen LogP contribution in [0, 0.1) is 0 Å². The number of carbonyl (C=O) groups is 2. The van der Waals surface area contributed by atoms with Gasteiger partial charge in [0.15, 0.2) is 0 Å². The molecule has 1 rings (SSSR count). The minimum absolute atomic E-state index is 0.0797. The summed E-state index contributed by atoms with van der Waals surface area (Å²) < 4.78 is 0. The van der Waals surface area contributed by atoms with Gasteiger partial charge in [0.1, 0.15) is 0 Å². The van der Waals surface area contributed by atoms with Crippen LogP contribution in [0.5, 0.6) is 0 Å². The van der Waals surface area contributed by atoms with E-state index >= 15 is 0 Å². The number of nitrogens with one attached hydrogen (secondary N) is 3. The Morgan fingerprint density at radius 3 is 2.53 bits per heavy atom. The Bertz CT molecular complexity index is 469. The molecule has 0 aliphatic rings. The number of amides is 3. The van der Waals surface area contributed by atoms with E-state index in [2.05, 4.69) is 16.0 Å². The van der Waals surface area contributed by atoms with Gasteiger partial charge in [-0.15, -0.1) is 0 Å². The zero-order valence-electron chi connectivity index (χ0n) is 11.2. The molecule has 0 unspecified atom stereocenters. The molecule has 0 saturated heterocycles. The zero-order chi connectivity index (χ0) is 14.5. The summed E-state index contributed by atoms with van der Waals surface area (Å²) in [6.45, 7) is 5.54. The molecule has 19 heavy (non-hydrogen) atoms. The SMILES string of the molecule is CC(C)(C)NC(=O)CNC(=O)Nc1cccc(Cl)c1. The maximum atomic E-state index is 11.5. The molecule has 0 radical (unpaired) electrons. The number of halogens is 1. The van der Waals surface area contributed by atoms with Crippen molar-refractivity contribution in [3.8, 4) is 0 Å². The first kappa shape index (κ1) is 15.3. The number of rotatable bonds is 3. The second kappa shape index (κ2) is 6.43. The summed E-state index contributed by atoms with van der Waals surface area (Å²) in [6, 6.07) is 6.31. The van der Waals surface area contributed by atoms with E-state index in [9.17, 15) is 9.59 Å². The topological polar surface area (TPSA) is 70.2 Å². The van der Waals surface area contributed by atoms with Crippen molar-refractivity contribution in [3.05, 3.63) is 29.3 Å². The molecule has 1 aromatic carbocycles. The van der Waals surface area contributed by atoms with Gasteiger partial charge >= 0.3 is 6.03 Å². The first-order valence-electron chi connectivity index (χ1n) is 5.88. The zero-order valence-corrected chi connectivity index (χ0v) is 12.0. The standard InChI is InChI=1S/C13H18ClN3O2/c1-13(2,3)17-11(18)8-15-12(19)16-10-6-4-5-9(14)7-10/h4-7H,8H2,1-3H3,(H,17,18)(H2,15,16,19). The first-order chi connectivity index (χ1) is 8.76. The molecule has 3 N–H and O–H groups in total. The van der Waals surface area contributed by atoms with Gasteiger partial charge in [0.05, 0.1) is 6.54 Å². The van der Waals surface area contributed by atoms with Gasteiger partial charge in [-0.05, 0) is 39.0 Å². The van der Waals surface area contributed by atoms with E-state index in [1.165, 1.54) is 0 Å². The lowest BCUT2D eigenvalue weighted by Gasteiger charge is -2.20. The van der Waals surface area contributed by atoms with E-state index in [0.29, 0.717) is 10.7 Å². The van der Waals surface area contributed by atoms with Crippen LogP contribution >= 0.6 is 11.6 Å². The van der Waals surface area contributed by atoms with Crippen molar-refractivity contribution in [3.63, 3.8) is 0 Å². The third-order valence-electron chi connectivity index (χ3n) is 2.01. The van der Waals surface area contributed by atoms with Gasteiger partial charge < -0.3 is 16.0 Å². The minimum atomic E-state index is -0.452. The molecule has 104 valence electrons. The second-order valence-corrected chi connectivity index (χ2v) is 5.55. The summed E-state index contributed by atoms with van der Waals surface area (Å²) in [4.78, 5) is 23.0. The highest BCUT2D eigenvalue weighted by Gasteiger charge is 2.14. The molecule has 0 saturated carbocycles. The number of anilines is 1. The summed E-state index contributed by atoms with van der Waals surface area (Å²) >= 11 is 5.79. The third-order valence-corrected chi connectivity index (χ3v) is 2.24. The van der Waals surface area contributed by atoms with E-state index < -0.39 is 6.03 Å². The molecule has 0 spiro atoms. The van der Waals surface area contributed by atoms with Crippen molar-refractivity contribution < 1.29 is 9.59 Å². The molecule has 0 heterocycles. The number of urea groups is 1. The average Bonchev–Trinajstić information content (AvgIpc) is 2.24. The Balaban J connectivity index is 2.38. The van der Waals surface area contributed by atoms with Gasteiger partial charge in [0, 0.05) is 16.2 Å². The van der Waals surface area contributed by atoms with Gasteiger partial charge in [0.2, 0.25) is 5.91 Å². The van der Waals surface area contributed by atoms with Crippen molar-refractivity contribution in [2.24, 2.45) is 0 Å². The molecule has 0 bridgehead atoms. The molecule has 0 atom stereocenters. The average molecular weight is 284 g/mol. The van der Waals surface area contributed by atoms with Crippen molar-refractivity contribution in [1.82, 2.24) is 10.6 Å². The number of hydrogen-bond acceptors (Lipinski definition) is 2. The third kappa shape index (κ3) is 6.67. The lowest BCUT2D eigenvalue weighted by atomic mass is 10.1. The molecule has 6 heteroatoms. The largest absolute Gasteiger partial charge is 0.350 e. The fourth-order valence-electron chi connectivity index (χ4n) is 1.36. The van der Waals surface area contributed by atoms with Crippen molar-refractivity contribution >= 4 is 29.2 Å². The predicted octanol–water partition coefficient (Wildman–Crippen LogP) is 2.38. The van der Waals surface area contributed by atoms with Gasteiger partial charge in [-0.1, -0.05) is 17.7 Å². The molecule has 0 aliphatic heterocycles. The Morgan fingerprint density at radius 1 is 1.26 bits per heavy atom. The molecular weight excluding hydrogens is 266 g/mol. The Hall–Kier alpha value is -1.75. The number of carbonyl (C=O) groups excluding carboxylic acids is 2. The van der Waals surface area contributed by atoms with E-state index in [0.717, 1.165) is 0 Å². The fourth-order valence-corrected chi connectivity index (χ4v) is 1.55. The molecule has 0 aromatic heterocycles. The van der Waals surface area contributed by atoms with E-state index in [1.54, 1.807) is 24.3 Å². The van der Waals surface area contributed by atoms with Crippen LogP contribution in [0.3, 0.4) is 0 Å². The van der Waals surface area contributed by atoms with Gasteiger partial charge in [-0.25, -0.2) is 4.79 Å². The molecule has 5 nitrogen and oxygen atoms in total. The Kier molecular flexibility index (Phi) is 5.18. The van der Waals surface area contributed by atoms with Crippen LogP contribution in [0.4, 0.5) is 10.5 Å². The predicted molar refractivity (Wildman–Crippen MR) is 76.4 cm³/mol. The maximum Gasteiger partial charge on any atom is 0.319 e. The van der Waals surface area contributed by atoms with Gasteiger partial charge in [-0.3, -0.25) is 4.79 Å². The van der Waals surface area contributed by atoms with Gasteiger partial charge in [0.25, 0.3) is 0 Å². The van der Waals surface area contributed by atoms with Gasteiger partial charge in [-0.2, -0.15) is 0 Å². The van der Waals surface area contributed by atoms with E-state index in [-0.39, 0.29) is 18.0 Å². The Labute approximate surface area is 117 Å². The smallest absolute Gasteiger partial charge is 0.319 e. The van der Waals surface area contributed by atoms with Crippen LogP contribution in [-0.4, -0.2) is 24.0 Å². The summed E-state index contributed by atoms with van der Waals surface area (Å²) in [7, 11) is 0. The number of hydrogen-bond donors (Lipinski definition) is 3. The summed E-state index contributed by atoms with van der Waals surface area (Å²) in [5, 5.41) is 8.33. The van der Waals surface area contributed by atoms with Crippen molar-refractivity contribution in [2.45, 2.75) is 26.3 Å². The second-order valence-electron chi connectivity index (χ2n) is 5.12. The Morgan fingerprint density at radius 2 is 1.95 bits per heavy atom. The highest BCUT2D eigenvalue weighted by atomic mass is 35.5. The summed E-state index contributed by atoms with van der Waals surface area (Å²) in [6.07, 6.45) is 0. The summed E-state index contributed by atoms with van der Waals surface area (Å²) in [5.74, 6) is -0.242. The van der Waals surface area contributed by atoms with Crippen LogP contribution in [0.1, 0.15) is 20.8 Å². The van der Waals surface area contributed by atoms with Crippen LogP contribution in [0.2, 0.25) is 5.02 Å². The fraction of sp³-hybridized carbons (Fsp3) is 0.385. The molecule has 3 amide bonds. The minimum Gasteiger partial charge on any atom is -0.350 e. The normalized spacial score (nSPS) is 10.7. The summed E-state index contributed by atoms with van der Waals surface area (Å²) in [5.41, 5.74) is 0.253.